The van der Waals surface area contributed by atoms with Crippen LogP contribution in [0.25, 0.3) is 0 Å². The van der Waals surface area contributed by atoms with Gasteiger partial charge < -0.3 is 9.47 Å². The SMILES string of the molecule is COc1c(Cl)c(C)c(Cl)c(Cl)c1OC. The fraction of sp³-hybridized carbons (Fsp3) is 0.333. The first kappa shape index (κ1) is 11.8. The highest BCUT2D eigenvalue weighted by atomic mass is 35.5. The number of methoxy groups -OCH3 is 2. The Morgan fingerprint density at radius 3 is 1.64 bits per heavy atom. The summed E-state index contributed by atoms with van der Waals surface area (Å²) in [5, 5.41) is 1.11. The van der Waals surface area contributed by atoms with Gasteiger partial charge in [0, 0.05) is 0 Å². The van der Waals surface area contributed by atoms with Gasteiger partial charge in [-0.2, -0.15) is 0 Å². The number of benzene rings is 1. The third kappa shape index (κ3) is 1.74. The highest BCUT2D eigenvalue weighted by Crippen LogP contribution is 2.47. The summed E-state index contributed by atoms with van der Waals surface area (Å²) in [6, 6.07) is 0. The van der Waals surface area contributed by atoms with Crippen LogP contribution in [-0.4, -0.2) is 14.2 Å². The Bertz CT molecular complexity index is 329. The molecule has 0 radical (unpaired) electrons. The van der Waals surface area contributed by atoms with Gasteiger partial charge in [-0.3, -0.25) is 0 Å². The van der Waals surface area contributed by atoms with Crippen molar-refractivity contribution in [3.8, 4) is 11.5 Å². The van der Waals surface area contributed by atoms with E-state index in [1.54, 1.807) is 6.92 Å². The minimum atomic E-state index is 0.313. The largest absolute Gasteiger partial charge is 0.491 e. The first-order chi connectivity index (χ1) is 6.54. The molecule has 5 heteroatoms. The van der Waals surface area contributed by atoms with Crippen LogP contribution in [0.5, 0.6) is 11.5 Å². The molecule has 0 fully saturated rings. The second-order valence-corrected chi connectivity index (χ2v) is 3.77. The Morgan fingerprint density at radius 2 is 1.21 bits per heavy atom. The first-order valence-corrected chi connectivity index (χ1v) is 4.93. The van der Waals surface area contributed by atoms with Gasteiger partial charge in [0.15, 0.2) is 11.5 Å². The smallest absolute Gasteiger partial charge is 0.182 e. The third-order valence-electron chi connectivity index (χ3n) is 1.86. The average molecular weight is 256 g/mol. The average Bonchev–Trinajstić information content (AvgIpc) is 2.20. The van der Waals surface area contributed by atoms with E-state index in [-0.39, 0.29) is 0 Å². The number of rotatable bonds is 2. The number of halogens is 3. The van der Waals surface area contributed by atoms with E-state index in [4.69, 9.17) is 44.3 Å². The van der Waals surface area contributed by atoms with Crippen molar-refractivity contribution in [1.82, 2.24) is 0 Å². The van der Waals surface area contributed by atoms with Crippen LogP contribution in [0.1, 0.15) is 5.56 Å². The molecule has 0 atom stereocenters. The molecule has 0 aliphatic heterocycles. The van der Waals surface area contributed by atoms with Crippen LogP contribution in [-0.2, 0) is 0 Å². The Morgan fingerprint density at radius 1 is 0.786 bits per heavy atom. The van der Waals surface area contributed by atoms with Crippen LogP contribution in [0, 0.1) is 6.92 Å². The lowest BCUT2D eigenvalue weighted by Crippen LogP contribution is -1.95. The zero-order valence-electron chi connectivity index (χ0n) is 7.95. The molecule has 78 valence electrons. The van der Waals surface area contributed by atoms with Crippen LogP contribution in [0.15, 0.2) is 0 Å². The maximum atomic E-state index is 6.01. The Labute approximate surface area is 97.7 Å². The van der Waals surface area contributed by atoms with Crippen LogP contribution in [0.3, 0.4) is 0 Å². The molecule has 0 saturated heterocycles. The molecule has 0 amide bonds. The Balaban J connectivity index is 3.57. The van der Waals surface area contributed by atoms with E-state index in [2.05, 4.69) is 0 Å². The summed E-state index contributed by atoms with van der Waals surface area (Å²) < 4.78 is 10.1. The summed E-state index contributed by atoms with van der Waals surface area (Å²) in [5.41, 5.74) is 0.677. The summed E-state index contributed by atoms with van der Waals surface area (Å²) in [7, 11) is 2.97. The highest BCUT2D eigenvalue weighted by Gasteiger charge is 2.20. The van der Waals surface area contributed by atoms with E-state index in [1.165, 1.54) is 14.2 Å². The molecule has 0 unspecified atom stereocenters. The topological polar surface area (TPSA) is 18.5 Å². The molecular weight excluding hydrogens is 246 g/mol. The minimum absolute atomic E-state index is 0.313. The van der Waals surface area contributed by atoms with E-state index < -0.39 is 0 Å². The van der Waals surface area contributed by atoms with Gasteiger partial charge in [0.1, 0.15) is 5.02 Å². The van der Waals surface area contributed by atoms with Crippen molar-refractivity contribution in [3.63, 3.8) is 0 Å². The fourth-order valence-corrected chi connectivity index (χ4v) is 1.89. The molecule has 0 aliphatic rings. The van der Waals surface area contributed by atoms with Crippen molar-refractivity contribution < 1.29 is 9.47 Å². The summed E-state index contributed by atoms with van der Waals surface area (Å²) in [6.07, 6.45) is 0. The second kappa shape index (κ2) is 4.47. The summed E-state index contributed by atoms with van der Waals surface area (Å²) in [6.45, 7) is 1.76. The van der Waals surface area contributed by atoms with Crippen molar-refractivity contribution in [1.29, 1.82) is 0 Å². The standard InChI is InChI=1S/C9H9Cl3O2/c1-4-5(10)7(12)9(14-3)8(13-2)6(4)11/h1-3H3. The maximum Gasteiger partial charge on any atom is 0.182 e. The maximum absolute atomic E-state index is 6.01. The molecule has 0 spiro atoms. The zero-order valence-corrected chi connectivity index (χ0v) is 10.2. The van der Waals surface area contributed by atoms with Crippen LogP contribution in [0.2, 0.25) is 15.1 Å². The van der Waals surface area contributed by atoms with Gasteiger partial charge in [0.05, 0.1) is 24.3 Å². The lowest BCUT2D eigenvalue weighted by Gasteiger charge is -2.14. The molecule has 0 aromatic heterocycles. The molecule has 0 heterocycles. The van der Waals surface area contributed by atoms with Gasteiger partial charge in [-0.1, -0.05) is 34.8 Å². The molecule has 0 aliphatic carbocycles. The minimum Gasteiger partial charge on any atom is -0.491 e. The highest BCUT2D eigenvalue weighted by molar-refractivity contribution is 6.45. The predicted octanol–water partition coefficient (Wildman–Crippen LogP) is 3.97. The van der Waals surface area contributed by atoms with Crippen LogP contribution < -0.4 is 9.47 Å². The monoisotopic (exact) mass is 254 g/mol. The van der Waals surface area contributed by atoms with Crippen molar-refractivity contribution in [2.45, 2.75) is 6.92 Å². The fourth-order valence-electron chi connectivity index (χ4n) is 1.09. The van der Waals surface area contributed by atoms with Crippen molar-refractivity contribution in [3.05, 3.63) is 20.6 Å². The third-order valence-corrected chi connectivity index (χ3v) is 3.25. The second-order valence-electron chi connectivity index (χ2n) is 2.63. The summed E-state index contributed by atoms with van der Waals surface area (Å²) >= 11 is 17.9. The summed E-state index contributed by atoms with van der Waals surface area (Å²) in [4.78, 5) is 0. The predicted molar refractivity (Wildman–Crippen MR) is 59.3 cm³/mol. The van der Waals surface area contributed by atoms with Crippen LogP contribution >= 0.6 is 34.8 Å². The Kier molecular flexibility index (Phi) is 3.76. The lowest BCUT2D eigenvalue weighted by molar-refractivity contribution is 0.355. The normalized spacial score (nSPS) is 10.1. The van der Waals surface area contributed by atoms with Gasteiger partial charge in [-0.05, 0) is 12.5 Å². The molecule has 1 rings (SSSR count). The Hall–Kier alpha value is -0.310. The quantitative estimate of drug-likeness (QED) is 0.745. The molecule has 14 heavy (non-hydrogen) atoms. The van der Waals surface area contributed by atoms with Gasteiger partial charge in [0.2, 0.25) is 0 Å². The van der Waals surface area contributed by atoms with Gasteiger partial charge >= 0.3 is 0 Å². The van der Waals surface area contributed by atoms with Gasteiger partial charge in [-0.15, -0.1) is 0 Å². The number of hydrogen-bond acceptors (Lipinski definition) is 2. The van der Waals surface area contributed by atoms with Crippen molar-refractivity contribution in [2.24, 2.45) is 0 Å². The summed E-state index contributed by atoms with van der Waals surface area (Å²) in [5.74, 6) is 0.760. The van der Waals surface area contributed by atoms with Crippen LogP contribution in [0.4, 0.5) is 0 Å². The van der Waals surface area contributed by atoms with Crippen molar-refractivity contribution in [2.75, 3.05) is 14.2 Å². The molecule has 1 aromatic rings. The van der Waals surface area contributed by atoms with E-state index in [0.717, 1.165) is 0 Å². The van der Waals surface area contributed by atoms with Gasteiger partial charge in [-0.25, -0.2) is 0 Å². The van der Waals surface area contributed by atoms with Gasteiger partial charge in [0.25, 0.3) is 0 Å². The molecule has 0 N–H and O–H groups in total. The molecule has 1 aromatic carbocycles. The number of ether oxygens (including phenoxy) is 2. The first-order valence-electron chi connectivity index (χ1n) is 3.79. The molecular formula is C9H9Cl3O2. The van der Waals surface area contributed by atoms with E-state index >= 15 is 0 Å². The molecule has 0 saturated carbocycles. The zero-order chi connectivity index (χ0) is 10.9. The molecule has 2 nitrogen and oxygen atoms in total. The van der Waals surface area contributed by atoms with Crippen molar-refractivity contribution >= 4 is 34.8 Å². The van der Waals surface area contributed by atoms with E-state index in [0.29, 0.717) is 32.1 Å². The number of hydrogen-bond donors (Lipinski definition) is 0. The van der Waals surface area contributed by atoms with E-state index in [1.807, 2.05) is 0 Å². The lowest BCUT2D eigenvalue weighted by atomic mass is 10.2. The van der Waals surface area contributed by atoms with E-state index in [9.17, 15) is 0 Å². The molecule has 0 bridgehead atoms.